The molecule has 0 fully saturated rings. The molecule has 1 aromatic heterocycles. The molecule has 0 saturated heterocycles. The van der Waals surface area contributed by atoms with Crippen LogP contribution in [-0.4, -0.2) is 6.29 Å². The fourth-order valence-corrected chi connectivity index (χ4v) is 2.26. The fraction of sp³-hybridized carbons (Fsp3) is 0.0556. The van der Waals surface area contributed by atoms with Gasteiger partial charge in [-0.05, 0) is 41.5 Å². The Morgan fingerprint density at radius 1 is 0.913 bits per heavy atom. The first-order valence-corrected chi connectivity index (χ1v) is 6.80. The van der Waals surface area contributed by atoms with Gasteiger partial charge in [0.1, 0.15) is 5.58 Å². The zero-order valence-corrected chi connectivity index (χ0v) is 11.8. The Morgan fingerprint density at radius 3 is 2.35 bits per heavy atom. The summed E-state index contributed by atoms with van der Waals surface area (Å²) in [7, 11) is 0. The van der Waals surface area contributed by atoms with Gasteiger partial charge in [-0.25, -0.2) is 0 Å². The molecule has 0 radical (unpaired) electrons. The summed E-state index contributed by atoms with van der Waals surface area (Å²) in [5, 5.41) is 0.762. The summed E-state index contributed by atoms with van der Waals surface area (Å²) in [5.41, 5.74) is 1.16. The molecule has 23 heavy (non-hydrogen) atoms. The van der Waals surface area contributed by atoms with Gasteiger partial charge in [0, 0.05) is 5.39 Å². The van der Waals surface area contributed by atoms with Crippen molar-refractivity contribution in [1.82, 2.24) is 0 Å². The lowest BCUT2D eigenvalue weighted by atomic mass is 10.1. The maximum absolute atomic E-state index is 12.7. The minimum atomic E-state index is -4.36. The molecule has 0 saturated carbocycles. The van der Waals surface area contributed by atoms with Crippen LogP contribution >= 0.6 is 0 Å². The van der Waals surface area contributed by atoms with E-state index in [9.17, 15) is 18.0 Å². The van der Waals surface area contributed by atoms with Gasteiger partial charge in [-0.3, -0.25) is 4.79 Å². The first-order chi connectivity index (χ1) is 11.0. The molecule has 2 aromatic carbocycles. The van der Waals surface area contributed by atoms with Crippen molar-refractivity contribution < 1.29 is 22.4 Å². The third-order valence-corrected chi connectivity index (χ3v) is 3.36. The minimum absolute atomic E-state index is 0.235. The van der Waals surface area contributed by atoms with E-state index in [1.807, 2.05) is 0 Å². The highest BCUT2D eigenvalue weighted by molar-refractivity contribution is 5.87. The zero-order valence-electron chi connectivity index (χ0n) is 11.8. The SMILES string of the molecule is O=Cc1cc2cc(/C=C/c3cccc(C(F)(F)F)c3)ccc2o1. The van der Waals surface area contributed by atoms with Crippen LogP contribution in [0.4, 0.5) is 13.2 Å². The molecule has 0 spiro atoms. The van der Waals surface area contributed by atoms with Gasteiger partial charge in [-0.15, -0.1) is 0 Å². The second-order valence-electron chi connectivity index (χ2n) is 5.02. The first-order valence-electron chi connectivity index (χ1n) is 6.80. The van der Waals surface area contributed by atoms with Gasteiger partial charge < -0.3 is 4.42 Å². The second kappa shape index (κ2) is 5.76. The summed E-state index contributed by atoms with van der Waals surface area (Å²) in [6.45, 7) is 0. The van der Waals surface area contributed by atoms with E-state index in [1.54, 1.807) is 42.5 Å². The van der Waals surface area contributed by atoms with Crippen molar-refractivity contribution >= 4 is 29.4 Å². The van der Waals surface area contributed by atoms with Crippen LogP contribution in [0.2, 0.25) is 0 Å². The highest BCUT2D eigenvalue weighted by atomic mass is 19.4. The number of carbonyl (C=O) groups is 1. The number of alkyl halides is 3. The Hall–Kier alpha value is -2.82. The maximum atomic E-state index is 12.7. The lowest BCUT2D eigenvalue weighted by Gasteiger charge is -2.06. The zero-order chi connectivity index (χ0) is 16.4. The van der Waals surface area contributed by atoms with Crippen molar-refractivity contribution in [1.29, 1.82) is 0 Å². The number of benzene rings is 2. The summed E-state index contributed by atoms with van der Waals surface area (Å²) in [4.78, 5) is 10.7. The van der Waals surface area contributed by atoms with E-state index in [2.05, 4.69) is 0 Å². The van der Waals surface area contributed by atoms with E-state index < -0.39 is 11.7 Å². The Kier molecular flexibility index (Phi) is 3.78. The minimum Gasteiger partial charge on any atom is -0.453 e. The van der Waals surface area contributed by atoms with Crippen LogP contribution in [0.25, 0.3) is 23.1 Å². The Bertz CT molecular complexity index is 889. The van der Waals surface area contributed by atoms with Crippen LogP contribution in [0.1, 0.15) is 27.2 Å². The van der Waals surface area contributed by atoms with Crippen LogP contribution in [0.5, 0.6) is 0 Å². The summed E-state index contributed by atoms with van der Waals surface area (Å²) in [6, 6.07) is 12.0. The average molecular weight is 316 g/mol. The number of hydrogen-bond donors (Lipinski definition) is 0. The smallest absolute Gasteiger partial charge is 0.416 e. The van der Waals surface area contributed by atoms with Gasteiger partial charge in [-0.1, -0.05) is 30.4 Å². The quantitative estimate of drug-likeness (QED) is 0.476. The molecule has 3 aromatic rings. The van der Waals surface area contributed by atoms with E-state index in [1.165, 1.54) is 6.07 Å². The number of carbonyl (C=O) groups excluding carboxylic acids is 1. The molecule has 0 aliphatic rings. The standard InChI is InChI=1S/C18H11F3O2/c19-18(20,21)15-3-1-2-12(9-15)4-5-13-6-7-17-14(8-13)10-16(11-22)23-17/h1-11H/b5-4+. The van der Waals surface area contributed by atoms with E-state index in [0.29, 0.717) is 17.4 Å². The van der Waals surface area contributed by atoms with E-state index in [4.69, 9.17) is 4.42 Å². The normalized spacial score (nSPS) is 12.1. The van der Waals surface area contributed by atoms with Gasteiger partial charge in [0.25, 0.3) is 0 Å². The summed E-state index contributed by atoms with van der Waals surface area (Å²) < 4.78 is 43.3. The van der Waals surface area contributed by atoms with Gasteiger partial charge in [0.2, 0.25) is 0 Å². The van der Waals surface area contributed by atoms with E-state index in [0.717, 1.165) is 23.1 Å². The molecule has 1 heterocycles. The van der Waals surface area contributed by atoms with Crippen LogP contribution in [0.15, 0.2) is 52.9 Å². The fourth-order valence-electron chi connectivity index (χ4n) is 2.26. The largest absolute Gasteiger partial charge is 0.453 e. The Morgan fingerprint density at radius 2 is 1.65 bits per heavy atom. The van der Waals surface area contributed by atoms with Crippen molar-refractivity contribution in [2.24, 2.45) is 0 Å². The predicted octanol–water partition coefficient (Wildman–Crippen LogP) is 5.43. The number of rotatable bonds is 3. The molecule has 0 aliphatic heterocycles. The van der Waals surface area contributed by atoms with Gasteiger partial charge in [-0.2, -0.15) is 13.2 Å². The monoisotopic (exact) mass is 316 g/mol. The predicted molar refractivity (Wildman–Crippen MR) is 82.0 cm³/mol. The van der Waals surface area contributed by atoms with Crippen LogP contribution < -0.4 is 0 Å². The topological polar surface area (TPSA) is 30.2 Å². The van der Waals surface area contributed by atoms with E-state index >= 15 is 0 Å². The summed E-state index contributed by atoms with van der Waals surface area (Å²) >= 11 is 0. The van der Waals surface area contributed by atoms with Crippen molar-refractivity contribution in [3.8, 4) is 0 Å². The molecular weight excluding hydrogens is 305 g/mol. The van der Waals surface area contributed by atoms with Crippen LogP contribution in [-0.2, 0) is 6.18 Å². The van der Waals surface area contributed by atoms with Crippen molar-refractivity contribution in [2.45, 2.75) is 6.18 Å². The molecule has 0 aliphatic carbocycles. The lowest BCUT2D eigenvalue weighted by molar-refractivity contribution is -0.137. The Labute approximate surface area is 129 Å². The molecule has 0 atom stereocenters. The molecule has 0 amide bonds. The number of fused-ring (bicyclic) bond motifs is 1. The number of aldehydes is 1. The molecule has 2 nitrogen and oxygen atoms in total. The van der Waals surface area contributed by atoms with Gasteiger partial charge >= 0.3 is 6.18 Å². The molecule has 0 bridgehead atoms. The van der Waals surface area contributed by atoms with Gasteiger partial charge in [0.15, 0.2) is 12.0 Å². The molecule has 0 unspecified atom stereocenters. The van der Waals surface area contributed by atoms with E-state index in [-0.39, 0.29) is 5.76 Å². The summed E-state index contributed by atoms with van der Waals surface area (Å²) in [5.74, 6) is 0.235. The van der Waals surface area contributed by atoms with Crippen LogP contribution in [0, 0.1) is 0 Å². The van der Waals surface area contributed by atoms with Crippen LogP contribution in [0.3, 0.4) is 0 Å². The molecular formula is C18H11F3O2. The van der Waals surface area contributed by atoms with Crippen molar-refractivity contribution in [3.05, 3.63) is 71.0 Å². The average Bonchev–Trinajstić information content (AvgIpc) is 2.94. The number of furan rings is 1. The number of halogens is 3. The second-order valence-corrected chi connectivity index (χ2v) is 5.02. The Balaban J connectivity index is 1.89. The van der Waals surface area contributed by atoms with Crippen molar-refractivity contribution in [2.75, 3.05) is 0 Å². The molecule has 3 rings (SSSR count). The molecule has 116 valence electrons. The van der Waals surface area contributed by atoms with Gasteiger partial charge in [0.05, 0.1) is 5.56 Å². The highest BCUT2D eigenvalue weighted by Gasteiger charge is 2.30. The maximum Gasteiger partial charge on any atom is 0.416 e. The van der Waals surface area contributed by atoms with Crippen molar-refractivity contribution in [3.63, 3.8) is 0 Å². The number of hydrogen-bond acceptors (Lipinski definition) is 2. The third-order valence-electron chi connectivity index (χ3n) is 3.36. The molecule has 0 N–H and O–H groups in total. The highest BCUT2D eigenvalue weighted by Crippen LogP contribution is 2.30. The molecule has 5 heteroatoms. The lowest BCUT2D eigenvalue weighted by Crippen LogP contribution is -2.04. The first kappa shape index (κ1) is 15.1. The third kappa shape index (κ3) is 3.34. The summed E-state index contributed by atoms with van der Waals surface area (Å²) in [6.07, 6.45) is -0.414.